The van der Waals surface area contributed by atoms with Crippen LogP contribution in [0.5, 0.6) is 0 Å². The van der Waals surface area contributed by atoms with Crippen molar-refractivity contribution in [2.24, 2.45) is 0 Å². The largest absolute Gasteiger partial charge is 0.135 e. The van der Waals surface area contributed by atoms with Crippen LogP contribution in [0.3, 0.4) is 0 Å². The minimum Gasteiger partial charge on any atom is -0.135 e. The average Bonchev–Trinajstić information content (AvgIpc) is 4.13. The van der Waals surface area contributed by atoms with Crippen LogP contribution in [-0.2, 0) is 0 Å². The predicted molar refractivity (Wildman–Crippen MR) is 285 cm³/mol. The average molecular weight is 883 g/mol. The molecule has 0 N–H and O–H groups in total. The normalized spacial score (nSPS) is 12.1. The van der Waals surface area contributed by atoms with Gasteiger partial charge in [0.15, 0.2) is 0 Å². The molecule has 64 heavy (non-hydrogen) atoms. The molecule has 298 valence electrons. The number of fused-ring (bicyclic) bond motifs is 12. The highest BCUT2D eigenvalue weighted by Gasteiger charge is 2.15. The van der Waals surface area contributed by atoms with E-state index < -0.39 is 0 Å². The van der Waals surface area contributed by atoms with Crippen molar-refractivity contribution < 1.29 is 0 Å². The van der Waals surface area contributed by atoms with E-state index in [0.717, 1.165) is 0 Å². The third-order valence-electron chi connectivity index (χ3n) is 13.1. The Labute approximate surface area is 385 Å². The van der Waals surface area contributed by atoms with Gasteiger partial charge in [0, 0.05) is 80.7 Å². The summed E-state index contributed by atoms with van der Waals surface area (Å²) >= 11 is 7.50. The van der Waals surface area contributed by atoms with Crippen LogP contribution in [0.1, 0.15) is 0 Å². The van der Waals surface area contributed by atoms with Crippen molar-refractivity contribution in [3.05, 3.63) is 206 Å². The summed E-state index contributed by atoms with van der Waals surface area (Å²) in [6, 6.07) is 77.7. The Morgan fingerprint density at radius 1 is 0.156 bits per heavy atom. The van der Waals surface area contributed by atoms with E-state index in [1.54, 1.807) is 0 Å². The van der Waals surface area contributed by atoms with Crippen LogP contribution in [0.4, 0.5) is 0 Å². The first kappa shape index (κ1) is 36.6. The molecule has 0 spiro atoms. The second-order valence-corrected chi connectivity index (χ2v) is 21.2. The fourth-order valence-corrected chi connectivity index (χ4v) is 14.2. The van der Waals surface area contributed by atoms with E-state index in [-0.39, 0.29) is 0 Å². The highest BCUT2D eigenvalue weighted by atomic mass is 32.1. The molecule has 0 saturated heterocycles. The number of rotatable bonds is 5. The van der Waals surface area contributed by atoms with Gasteiger partial charge in [0.25, 0.3) is 0 Å². The molecule has 0 aliphatic carbocycles. The van der Waals surface area contributed by atoms with Gasteiger partial charge >= 0.3 is 0 Å². The summed E-state index contributed by atoms with van der Waals surface area (Å²) in [5.74, 6) is 0. The van der Waals surface area contributed by atoms with Crippen LogP contribution in [0, 0.1) is 0 Å². The maximum atomic E-state index is 2.43. The van der Waals surface area contributed by atoms with Gasteiger partial charge in [-0.2, -0.15) is 0 Å². The monoisotopic (exact) mass is 882 g/mol. The summed E-state index contributed by atoms with van der Waals surface area (Å²) in [6.45, 7) is 0. The second kappa shape index (κ2) is 14.3. The van der Waals surface area contributed by atoms with Crippen molar-refractivity contribution in [1.29, 1.82) is 0 Å². The number of benzene rings is 10. The van der Waals surface area contributed by atoms with Crippen molar-refractivity contribution in [1.82, 2.24) is 0 Å². The molecule has 0 nitrogen and oxygen atoms in total. The lowest BCUT2D eigenvalue weighted by molar-refractivity contribution is 1.58. The topological polar surface area (TPSA) is 0 Å². The highest BCUT2D eigenvalue weighted by Crippen LogP contribution is 2.44. The summed E-state index contributed by atoms with van der Waals surface area (Å²) < 4.78 is 10.6. The fraction of sp³-hybridized carbons (Fsp3) is 0. The molecular formula is C60H34S4. The summed E-state index contributed by atoms with van der Waals surface area (Å²) in [5.41, 5.74) is 12.3. The lowest BCUT2D eigenvalue weighted by Gasteiger charge is -2.13. The van der Waals surface area contributed by atoms with E-state index in [9.17, 15) is 0 Å². The van der Waals surface area contributed by atoms with Crippen LogP contribution in [0.25, 0.3) is 136 Å². The van der Waals surface area contributed by atoms with Crippen molar-refractivity contribution in [3.63, 3.8) is 0 Å². The first-order valence-corrected chi connectivity index (χ1v) is 24.9. The minimum atomic E-state index is 1.21. The van der Waals surface area contributed by atoms with Crippen molar-refractivity contribution in [2.45, 2.75) is 0 Å². The minimum absolute atomic E-state index is 1.21. The van der Waals surface area contributed by atoms with Crippen LogP contribution >= 0.6 is 45.3 Å². The van der Waals surface area contributed by atoms with Gasteiger partial charge in [-0.1, -0.05) is 103 Å². The standard InChI is InChI=1S/C60H34S4/c1-4-13-53-45(10-1)48-30-37(16-21-56(48)61-53)35-8-7-9-36(26-35)42-27-43(40-19-24-58-50(33-40)47-12-3-6-15-55(47)63-58)29-44(28-42)41-20-25-60-52(34-41)51-32-39(18-23-59(51)64-60)38-17-22-57-49(31-38)46-11-2-5-14-54(46)62-57/h1-34H. The molecule has 4 heterocycles. The van der Waals surface area contributed by atoms with E-state index in [1.165, 1.54) is 136 Å². The Bertz CT molecular complexity index is 4210. The molecule has 0 saturated carbocycles. The quantitative estimate of drug-likeness (QED) is 0.162. The molecular weight excluding hydrogens is 849 g/mol. The van der Waals surface area contributed by atoms with Gasteiger partial charge in [0.2, 0.25) is 0 Å². The van der Waals surface area contributed by atoms with Crippen molar-refractivity contribution >= 4 is 126 Å². The van der Waals surface area contributed by atoms with Crippen LogP contribution < -0.4 is 0 Å². The van der Waals surface area contributed by atoms with E-state index in [0.29, 0.717) is 0 Å². The molecule has 0 amide bonds. The zero-order valence-corrected chi connectivity index (χ0v) is 37.5. The van der Waals surface area contributed by atoms with Gasteiger partial charge < -0.3 is 0 Å². The SMILES string of the molecule is c1cc(-c2cc(-c3ccc4sc5ccccc5c4c3)cc(-c3ccc4sc5ccc(-c6ccc7sc8ccccc8c7c6)cc5c4c3)c2)cc(-c2ccc3sc4ccccc4c3c2)c1. The predicted octanol–water partition coefficient (Wildman–Crippen LogP) is 19.5. The zero-order chi connectivity index (χ0) is 41.9. The van der Waals surface area contributed by atoms with Crippen LogP contribution in [0.2, 0.25) is 0 Å². The lowest BCUT2D eigenvalue weighted by Crippen LogP contribution is -1.87. The molecule has 0 bridgehead atoms. The van der Waals surface area contributed by atoms with Crippen molar-refractivity contribution in [2.75, 3.05) is 0 Å². The molecule has 0 aliphatic heterocycles. The molecule has 10 aromatic carbocycles. The lowest BCUT2D eigenvalue weighted by atomic mass is 9.91. The molecule has 14 rings (SSSR count). The van der Waals surface area contributed by atoms with Crippen molar-refractivity contribution in [3.8, 4) is 55.6 Å². The Morgan fingerprint density at radius 2 is 0.391 bits per heavy atom. The molecule has 0 radical (unpaired) electrons. The van der Waals surface area contributed by atoms with Gasteiger partial charge in [-0.25, -0.2) is 0 Å². The van der Waals surface area contributed by atoms with E-state index in [4.69, 9.17) is 0 Å². The van der Waals surface area contributed by atoms with Gasteiger partial charge in [-0.05, 0) is 159 Å². The first-order chi connectivity index (χ1) is 31.6. The fourth-order valence-electron chi connectivity index (χ4n) is 9.86. The van der Waals surface area contributed by atoms with Gasteiger partial charge in [0.05, 0.1) is 0 Å². The third kappa shape index (κ3) is 5.91. The number of hydrogen-bond donors (Lipinski definition) is 0. The summed E-state index contributed by atoms with van der Waals surface area (Å²) in [4.78, 5) is 0. The van der Waals surface area contributed by atoms with E-state index in [1.807, 2.05) is 45.3 Å². The van der Waals surface area contributed by atoms with Crippen LogP contribution in [-0.4, -0.2) is 0 Å². The summed E-state index contributed by atoms with van der Waals surface area (Å²) in [7, 11) is 0. The summed E-state index contributed by atoms with van der Waals surface area (Å²) in [6.07, 6.45) is 0. The molecule has 4 aromatic heterocycles. The molecule has 14 aromatic rings. The molecule has 0 unspecified atom stereocenters. The Balaban J connectivity index is 0.919. The maximum Gasteiger partial charge on any atom is 0.0355 e. The van der Waals surface area contributed by atoms with Gasteiger partial charge in [0.1, 0.15) is 0 Å². The maximum absolute atomic E-state index is 2.43. The number of thiophene rings is 4. The summed E-state index contributed by atoms with van der Waals surface area (Å²) in [5, 5.41) is 10.6. The second-order valence-electron chi connectivity index (χ2n) is 16.8. The molecule has 0 atom stereocenters. The Morgan fingerprint density at radius 3 is 0.734 bits per heavy atom. The zero-order valence-electron chi connectivity index (χ0n) is 34.3. The van der Waals surface area contributed by atoms with Gasteiger partial charge in [-0.15, -0.1) is 45.3 Å². The Hall–Kier alpha value is -6.92. The van der Waals surface area contributed by atoms with E-state index in [2.05, 4.69) is 206 Å². The van der Waals surface area contributed by atoms with Crippen LogP contribution in [0.15, 0.2) is 206 Å². The number of hydrogen-bond acceptors (Lipinski definition) is 4. The smallest absolute Gasteiger partial charge is 0.0355 e. The molecule has 0 fully saturated rings. The Kier molecular flexibility index (Phi) is 8.17. The first-order valence-electron chi connectivity index (χ1n) is 21.6. The van der Waals surface area contributed by atoms with E-state index >= 15 is 0 Å². The highest BCUT2D eigenvalue weighted by molar-refractivity contribution is 7.27. The third-order valence-corrected chi connectivity index (χ3v) is 17.7. The molecule has 4 heteroatoms. The van der Waals surface area contributed by atoms with Gasteiger partial charge in [-0.3, -0.25) is 0 Å². The molecule has 0 aliphatic rings.